The smallest absolute Gasteiger partial charge is 0.291 e. The van der Waals surface area contributed by atoms with Crippen LogP contribution in [0.2, 0.25) is 0 Å². The summed E-state index contributed by atoms with van der Waals surface area (Å²) in [5, 5.41) is 4.41. The van der Waals surface area contributed by atoms with E-state index in [0.29, 0.717) is 28.5 Å². The topological polar surface area (TPSA) is 65.7 Å². The van der Waals surface area contributed by atoms with Crippen LogP contribution in [-0.2, 0) is 0 Å². The van der Waals surface area contributed by atoms with E-state index in [1.807, 2.05) is 61.5 Å². The second-order valence-corrected chi connectivity index (χ2v) is 7.75. The zero-order valence-electron chi connectivity index (χ0n) is 17.0. The molecule has 0 unspecified atom stereocenters. The van der Waals surface area contributed by atoms with Gasteiger partial charge >= 0.3 is 0 Å². The van der Waals surface area contributed by atoms with Crippen LogP contribution >= 0.6 is 11.3 Å². The van der Waals surface area contributed by atoms with Crippen LogP contribution in [-0.4, -0.2) is 27.8 Å². The molecule has 0 saturated heterocycles. The summed E-state index contributed by atoms with van der Waals surface area (Å²) in [5.74, 6) is 2.10. The molecule has 7 heteroatoms. The largest absolute Gasteiger partial charge is 0.494 e. The Labute approximate surface area is 178 Å². The summed E-state index contributed by atoms with van der Waals surface area (Å²) in [4.78, 5) is 18.0. The van der Waals surface area contributed by atoms with Crippen molar-refractivity contribution >= 4 is 22.4 Å². The molecule has 0 fully saturated rings. The van der Waals surface area contributed by atoms with E-state index >= 15 is 0 Å². The highest BCUT2D eigenvalue weighted by atomic mass is 32.1. The first kappa shape index (κ1) is 20.1. The number of nitrogens with zero attached hydrogens (tertiary/aromatic N) is 3. The maximum atomic E-state index is 12.9. The lowest BCUT2D eigenvalue weighted by Gasteiger charge is -2.07. The molecule has 0 amide bonds. The predicted octanol–water partition coefficient (Wildman–Crippen LogP) is 3.94. The molecule has 2 heterocycles. The third-order valence-electron chi connectivity index (χ3n) is 4.57. The number of benzene rings is 2. The van der Waals surface area contributed by atoms with Crippen molar-refractivity contribution in [3.05, 3.63) is 69.0 Å². The van der Waals surface area contributed by atoms with Gasteiger partial charge in [0.1, 0.15) is 11.5 Å². The SMILES string of the molecule is CCCCOc1ccccc1/C=c1\sc2nc(-c3ccc(OCC)cc3)nn2c1=O. The number of hydrogen-bond acceptors (Lipinski definition) is 6. The average molecular weight is 422 g/mol. The number of aromatic nitrogens is 3. The van der Waals surface area contributed by atoms with E-state index in [2.05, 4.69) is 17.0 Å². The second kappa shape index (κ2) is 9.09. The molecule has 4 aromatic rings. The van der Waals surface area contributed by atoms with Crippen LogP contribution in [0.5, 0.6) is 11.5 Å². The Morgan fingerprint density at radius 3 is 2.60 bits per heavy atom. The van der Waals surface area contributed by atoms with E-state index in [0.717, 1.165) is 35.5 Å². The minimum absolute atomic E-state index is 0.178. The molecule has 0 atom stereocenters. The van der Waals surface area contributed by atoms with E-state index in [4.69, 9.17) is 9.47 Å². The summed E-state index contributed by atoms with van der Waals surface area (Å²) in [6.45, 7) is 5.34. The fourth-order valence-corrected chi connectivity index (χ4v) is 3.92. The summed E-state index contributed by atoms with van der Waals surface area (Å²) in [5.41, 5.74) is 1.54. The van der Waals surface area contributed by atoms with Gasteiger partial charge in [0.25, 0.3) is 5.56 Å². The summed E-state index contributed by atoms with van der Waals surface area (Å²) in [7, 11) is 0. The second-order valence-electron chi connectivity index (χ2n) is 6.74. The van der Waals surface area contributed by atoms with E-state index in [1.54, 1.807) is 0 Å². The molecule has 0 spiro atoms. The molecule has 30 heavy (non-hydrogen) atoms. The Kier molecular flexibility index (Phi) is 6.09. The lowest BCUT2D eigenvalue weighted by Crippen LogP contribution is -2.23. The van der Waals surface area contributed by atoms with Gasteiger partial charge in [-0.15, -0.1) is 5.10 Å². The quantitative estimate of drug-likeness (QED) is 0.403. The highest BCUT2D eigenvalue weighted by Crippen LogP contribution is 2.21. The number of para-hydroxylation sites is 1. The fraction of sp³-hybridized carbons (Fsp3) is 0.261. The van der Waals surface area contributed by atoms with Gasteiger partial charge in [-0.2, -0.15) is 9.50 Å². The van der Waals surface area contributed by atoms with E-state index in [-0.39, 0.29) is 5.56 Å². The standard InChI is InChI=1S/C23H23N3O3S/c1-3-5-14-29-19-9-7-6-8-17(19)15-20-22(27)26-23(30-20)24-21(25-26)16-10-12-18(13-11-16)28-4-2/h6-13,15H,3-5,14H2,1-2H3/b20-15-. The van der Waals surface area contributed by atoms with Crippen LogP contribution in [0.4, 0.5) is 0 Å². The van der Waals surface area contributed by atoms with Crippen molar-refractivity contribution in [3.8, 4) is 22.9 Å². The van der Waals surface area contributed by atoms with Crippen molar-refractivity contribution in [2.75, 3.05) is 13.2 Å². The Morgan fingerprint density at radius 1 is 1.07 bits per heavy atom. The van der Waals surface area contributed by atoms with E-state index in [9.17, 15) is 4.79 Å². The third-order valence-corrected chi connectivity index (χ3v) is 5.53. The van der Waals surface area contributed by atoms with E-state index in [1.165, 1.54) is 15.9 Å². The zero-order chi connectivity index (χ0) is 20.9. The maximum Gasteiger partial charge on any atom is 0.291 e. The number of hydrogen-bond donors (Lipinski definition) is 0. The molecule has 2 aromatic heterocycles. The van der Waals surface area contributed by atoms with Crippen molar-refractivity contribution < 1.29 is 9.47 Å². The average Bonchev–Trinajstić information content (AvgIpc) is 3.30. The van der Waals surface area contributed by atoms with Crippen molar-refractivity contribution in [2.24, 2.45) is 0 Å². The van der Waals surface area contributed by atoms with Crippen LogP contribution in [0.15, 0.2) is 53.3 Å². The van der Waals surface area contributed by atoms with Gasteiger partial charge < -0.3 is 9.47 Å². The number of ether oxygens (including phenoxy) is 2. The van der Waals surface area contributed by atoms with Crippen LogP contribution in [0.1, 0.15) is 32.3 Å². The van der Waals surface area contributed by atoms with Crippen molar-refractivity contribution in [1.29, 1.82) is 0 Å². The molecule has 0 N–H and O–H groups in total. The van der Waals surface area contributed by atoms with Gasteiger partial charge in [0.15, 0.2) is 5.82 Å². The van der Waals surface area contributed by atoms with Crippen molar-refractivity contribution in [3.63, 3.8) is 0 Å². The van der Waals surface area contributed by atoms with Crippen molar-refractivity contribution in [2.45, 2.75) is 26.7 Å². The summed E-state index contributed by atoms with van der Waals surface area (Å²) in [6.07, 6.45) is 3.91. The van der Waals surface area contributed by atoms with Gasteiger partial charge in [-0.3, -0.25) is 4.79 Å². The third kappa shape index (κ3) is 4.21. The minimum atomic E-state index is -0.178. The van der Waals surface area contributed by atoms with Gasteiger partial charge in [0.05, 0.1) is 17.7 Å². The molecule has 154 valence electrons. The van der Waals surface area contributed by atoms with Crippen LogP contribution in [0.25, 0.3) is 22.4 Å². The normalized spacial score (nSPS) is 11.9. The molecule has 0 aliphatic heterocycles. The van der Waals surface area contributed by atoms with Crippen LogP contribution in [0.3, 0.4) is 0 Å². The molecule has 0 aliphatic carbocycles. The van der Waals surface area contributed by atoms with Gasteiger partial charge in [-0.25, -0.2) is 0 Å². The molecule has 0 bridgehead atoms. The van der Waals surface area contributed by atoms with Gasteiger partial charge in [-0.1, -0.05) is 42.9 Å². The van der Waals surface area contributed by atoms with Crippen molar-refractivity contribution in [1.82, 2.24) is 14.6 Å². The highest BCUT2D eigenvalue weighted by molar-refractivity contribution is 7.15. The minimum Gasteiger partial charge on any atom is -0.494 e. The number of rotatable bonds is 8. The molecule has 0 radical (unpaired) electrons. The molecule has 4 rings (SSSR count). The van der Waals surface area contributed by atoms with Crippen LogP contribution in [0, 0.1) is 0 Å². The lowest BCUT2D eigenvalue weighted by molar-refractivity contribution is 0.309. The number of thiazole rings is 1. The number of fused-ring (bicyclic) bond motifs is 1. The maximum absolute atomic E-state index is 12.9. The van der Waals surface area contributed by atoms with Gasteiger partial charge in [0, 0.05) is 11.1 Å². The Morgan fingerprint density at radius 2 is 1.87 bits per heavy atom. The lowest BCUT2D eigenvalue weighted by atomic mass is 10.2. The Bertz CT molecular complexity index is 1250. The monoisotopic (exact) mass is 421 g/mol. The molecule has 0 saturated carbocycles. The molecule has 2 aromatic carbocycles. The Hall–Kier alpha value is -3.19. The van der Waals surface area contributed by atoms with Gasteiger partial charge in [-0.05, 0) is 49.8 Å². The first-order valence-electron chi connectivity index (χ1n) is 10.1. The number of unbranched alkanes of at least 4 members (excludes halogenated alkanes) is 1. The molecular weight excluding hydrogens is 398 g/mol. The van der Waals surface area contributed by atoms with Crippen LogP contribution < -0.4 is 19.6 Å². The first-order chi connectivity index (χ1) is 14.7. The molecule has 6 nitrogen and oxygen atoms in total. The zero-order valence-corrected chi connectivity index (χ0v) is 17.8. The fourth-order valence-electron chi connectivity index (χ4n) is 3.02. The summed E-state index contributed by atoms with van der Waals surface area (Å²) >= 11 is 1.32. The van der Waals surface area contributed by atoms with Gasteiger partial charge in [0.2, 0.25) is 4.96 Å². The molecular formula is C23H23N3O3S. The van der Waals surface area contributed by atoms with E-state index < -0.39 is 0 Å². The Balaban J connectivity index is 1.66. The predicted molar refractivity (Wildman–Crippen MR) is 119 cm³/mol. The summed E-state index contributed by atoms with van der Waals surface area (Å²) < 4.78 is 13.3. The first-order valence-corrected chi connectivity index (χ1v) is 10.9. The molecule has 0 aliphatic rings. The summed E-state index contributed by atoms with van der Waals surface area (Å²) in [6, 6.07) is 15.3. The highest BCUT2D eigenvalue weighted by Gasteiger charge is 2.12.